The number of aliphatic hydroxyl groups excluding tert-OH is 1. The summed E-state index contributed by atoms with van der Waals surface area (Å²) in [6, 6.07) is 3.71. The smallest absolute Gasteiger partial charge is 0.250 e. The Balaban J connectivity index is 1.90. The average molecular weight is 318 g/mol. The lowest BCUT2D eigenvalue weighted by Gasteiger charge is -2.20. The zero-order chi connectivity index (χ0) is 14.8. The van der Waals surface area contributed by atoms with Crippen LogP contribution in [0.25, 0.3) is 0 Å². The second-order valence-corrected chi connectivity index (χ2v) is 8.64. The van der Waals surface area contributed by atoms with E-state index in [1.54, 1.807) is 12.1 Å². The molecule has 0 aliphatic carbocycles. The Bertz CT molecular complexity index is 540. The van der Waals surface area contributed by atoms with E-state index in [2.05, 4.69) is 23.5 Å². The third-order valence-corrected chi connectivity index (χ3v) is 6.65. The van der Waals surface area contributed by atoms with Crippen LogP contribution in [-0.4, -0.2) is 44.1 Å². The number of hydrogen-bond donors (Lipinski definition) is 2. The van der Waals surface area contributed by atoms with Crippen LogP contribution in [-0.2, 0) is 16.6 Å². The quantitative estimate of drug-likeness (QED) is 0.828. The van der Waals surface area contributed by atoms with Crippen molar-refractivity contribution in [2.24, 2.45) is 5.92 Å². The lowest BCUT2D eigenvalue weighted by Crippen LogP contribution is -2.32. The van der Waals surface area contributed by atoms with Gasteiger partial charge in [-0.15, -0.1) is 11.3 Å². The van der Waals surface area contributed by atoms with Gasteiger partial charge in [-0.1, -0.05) is 0 Å². The van der Waals surface area contributed by atoms with E-state index in [4.69, 9.17) is 5.11 Å². The molecule has 1 unspecified atom stereocenters. The first kappa shape index (κ1) is 15.9. The first-order valence-corrected chi connectivity index (χ1v) is 9.15. The van der Waals surface area contributed by atoms with Crippen LogP contribution in [0, 0.1) is 5.92 Å². The standard InChI is InChI=1S/C13H22N2O3S2/c1-10(2)15-6-5-11(8-15)7-14-20(17,18)13-4-3-12(9-16)19-13/h3-4,10-11,14,16H,5-9H2,1-2H3. The van der Waals surface area contributed by atoms with E-state index in [1.165, 1.54) is 0 Å². The number of aliphatic hydroxyl groups is 1. The van der Waals surface area contributed by atoms with Crippen LogP contribution in [0.3, 0.4) is 0 Å². The van der Waals surface area contributed by atoms with E-state index in [9.17, 15) is 8.42 Å². The highest BCUT2D eigenvalue weighted by Crippen LogP contribution is 2.22. The van der Waals surface area contributed by atoms with Crippen molar-refractivity contribution in [3.8, 4) is 0 Å². The summed E-state index contributed by atoms with van der Waals surface area (Å²) in [5.41, 5.74) is 0. The van der Waals surface area contributed by atoms with Crippen LogP contribution < -0.4 is 4.72 Å². The fourth-order valence-corrected chi connectivity index (χ4v) is 4.76. The van der Waals surface area contributed by atoms with Crippen molar-refractivity contribution in [3.63, 3.8) is 0 Å². The van der Waals surface area contributed by atoms with Gasteiger partial charge in [0.2, 0.25) is 10.0 Å². The van der Waals surface area contributed by atoms with Crippen molar-refractivity contribution in [1.29, 1.82) is 0 Å². The van der Waals surface area contributed by atoms with Crippen molar-refractivity contribution >= 4 is 21.4 Å². The molecule has 0 aromatic carbocycles. The highest BCUT2D eigenvalue weighted by atomic mass is 32.2. The molecule has 1 aromatic heterocycles. The fraction of sp³-hybridized carbons (Fsp3) is 0.692. The molecule has 114 valence electrons. The first-order chi connectivity index (χ1) is 9.42. The topological polar surface area (TPSA) is 69.6 Å². The Kier molecular flexibility index (Phi) is 5.19. The minimum absolute atomic E-state index is 0.119. The Morgan fingerprint density at radius 2 is 2.25 bits per heavy atom. The van der Waals surface area contributed by atoms with Gasteiger partial charge in [-0.3, -0.25) is 0 Å². The van der Waals surface area contributed by atoms with Gasteiger partial charge in [-0.05, 0) is 44.9 Å². The molecule has 1 aliphatic rings. The monoisotopic (exact) mass is 318 g/mol. The van der Waals surface area contributed by atoms with E-state index < -0.39 is 10.0 Å². The maximum atomic E-state index is 12.1. The zero-order valence-corrected chi connectivity index (χ0v) is 13.5. The molecule has 1 aliphatic heterocycles. The van der Waals surface area contributed by atoms with Gasteiger partial charge >= 0.3 is 0 Å². The fourth-order valence-electron chi connectivity index (χ4n) is 2.38. The lowest BCUT2D eigenvalue weighted by atomic mass is 10.1. The van der Waals surface area contributed by atoms with Gasteiger partial charge in [-0.2, -0.15) is 0 Å². The highest BCUT2D eigenvalue weighted by Gasteiger charge is 2.26. The third kappa shape index (κ3) is 3.79. The van der Waals surface area contributed by atoms with Gasteiger partial charge in [0.15, 0.2) is 0 Å². The molecule has 0 bridgehead atoms. The molecule has 2 heterocycles. The van der Waals surface area contributed by atoms with E-state index in [0.29, 0.717) is 23.4 Å². The molecule has 0 saturated carbocycles. The molecule has 7 heteroatoms. The molecule has 0 spiro atoms. The molecular formula is C13H22N2O3S2. The Morgan fingerprint density at radius 3 is 2.80 bits per heavy atom. The summed E-state index contributed by atoms with van der Waals surface area (Å²) in [5, 5.41) is 8.99. The molecule has 1 saturated heterocycles. The van der Waals surface area contributed by atoms with Crippen LogP contribution in [0.2, 0.25) is 0 Å². The summed E-state index contributed by atoms with van der Waals surface area (Å²) in [5.74, 6) is 0.379. The Morgan fingerprint density at radius 1 is 1.50 bits per heavy atom. The van der Waals surface area contributed by atoms with E-state index in [-0.39, 0.29) is 10.8 Å². The summed E-state index contributed by atoms with van der Waals surface area (Å²) in [6.07, 6.45) is 1.03. The van der Waals surface area contributed by atoms with Gasteiger partial charge < -0.3 is 10.0 Å². The maximum Gasteiger partial charge on any atom is 0.250 e. The summed E-state index contributed by atoms with van der Waals surface area (Å²) in [4.78, 5) is 3.03. The number of hydrogen-bond acceptors (Lipinski definition) is 5. The number of nitrogens with zero attached hydrogens (tertiary/aromatic N) is 1. The van der Waals surface area contributed by atoms with Crippen LogP contribution in [0.5, 0.6) is 0 Å². The molecule has 5 nitrogen and oxygen atoms in total. The SMILES string of the molecule is CC(C)N1CCC(CNS(=O)(=O)c2ccc(CO)s2)C1. The van der Waals surface area contributed by atoms with Gasteiger partial charge in [-0.25, -0.2) is 13.1 Å². The third-order valence-electron chi connectivity index (χ3n) is 3.67. The van der Waals surface area contributed by atoms with Gasteiger partial charge in [0.05, 0.1) is 6.61 Å². The predicted octanol–water partition coefficient (Wildman–Crippen LogP) is 1.25. The number of thiophene rings is 1. The van der Waals surface area contributed by atoms with Crippen LogP contribution in [0.1, 0.15) is 25.1 Å². The summed E-state index contributed by atoms with van der Waals surface area (Å²) in [7, 11) is -3.44. The summed E-state index contributed by atoms with van der Waals surface area (Å²) < 4.78 is 27.2. The molecule has 1 fully saturated rings. The maximum absolute atomic E-state index is 12.1. The van der Waals surface area contributed by atoms with Crippen molar-refractivity contribution in [3.05, 3.63) is 17.0 Å². The number of nitrogens with one attached hydrogen (secondary N) is 1. The summed E-state index contributed by atoms with van der Waals surface area (Å²) >= 11 is 1.12. The Hall–Kier alpha value is -0.470. The molecule has 1 aromatic rings. The second kappa shape index (κ2) is 6.53. The van der Waals surface area contributed by atoms with E-state index in [1.807, 2.05) is 0 Å². The Labute approximate surface area is 124 Å². The largest absolute Gasteiger partial charge is 0.391 e. The molecule has 0 amide bonds. The van der Waals surface area contributed by atoms with Crippen LogP contribution >= 0.6 is 11.3 Å². The molecule has 2 rings (SSSR count). The molecule has 0 radical (unpaired) electrons. The van der Waals surface area contributed by atoms with Gasteiger partial charge in [0.25, 0.3) is 0 Å². The molecular weight excluding hydrogens is 296 g/mol. The number of likely N-dealkylation sites (tertiary alicyclic amines) is 1. The highest BCUT2D eigenvalue weighted by molar-refractivity contribution is 7.91. The van der Waals surface area contributed by atoms with Crippen LogP contribution in [0.15, 0.2) is 16.3 Å². The predicted molar refractivity (Wildman–Crippen MR) is 80.2 cm³/mol. The van der Waals surface area contributed by atoms with Crippen molar-refractivity contribution in [2.45, 2.75) is 37.1 Å². The minimum Gasteiger partial charge on any atom is -0.391 e. The van der Waals surface area contributed by atoms with Crippen molar-refractivity contribution in [1.82, 2.24) is 9.62 Å². The normalized spacial score (nSPS) is 20.9. The molecule has 2 N–H and O–H groups in total. The minimum atomic E-state index is -3.44. The molecule has 20 heavy (non-hydrogen) atoms. The lowest BCUT2D eigenvalue weighted by molar-refractivity contribution is 0.265. The van der Waals surface area contributed by atoms with Gasteiger partial charge in [0.1, 0.15) is 4.21 Å². The number of rotatable bonds is 6. The van der Waals surface area contributed by atoms with Gasteiger partial charge in [0, 0.05) is 24.0 Å². The number of sulfonamides is 1. The molecule has 1 atom stereocenters. The van der Waals surface area contributed by atoms with Crippen molar-refractivity contribution in [2.75, 3.05) is 19.6 Å². The van der Waals surface area contributed by atoms with E-state index >= 15 is 0 Å². The zero-order valence-electron chi connectivity index (χ0n) is 11.9. The second-order valence-electron chi connectivity index (χ2n) is 5.47. The van der Waals surface area contributed by atoms with E-state index in [0.717, 1.165) is 30.8 Å². The van der Waals surface area contributed by atoms with Crippen LogP contribution in [0.4, 0.5) is 0 Å². The average Bonchev–Trinajstić information content (AvgIpc) is 3.05. The van der Waals surface area contributed by atoms with Crippen molar-refractivity contribution < 1.29 is 13.5 Å². The summed E-state index contributed by atoms with van der Waals surface area (Å²) in [6.45, 7) is 6.68. The first-order valence-electron chi connectivity index (χ1n) is 6.85.